The quantitative estimate of drug-likeness (QED) is 0.784. The number of nitrogens with one attached hydrogen (secondary N) is 1. The van der Waals surface area contributed by atoms with Crippen molar-refractivity contribution in [1.82, 2.24) is 4.90 Å². The van der Waals surface area contributed by atoms with Gasteiger partial charge in [0.15, 0.2) is 0 Å². The molecule has 0 aromatic heterocycles. The van der Waals surface area contributed by atoms with Crippen molar-refractivity contribution in [3.05, 3.63) is 59.7 Å². The lowest BCUT2D eigenvalue weighted by molar-refractivity contribution is 0.173. The molecule has 0 bridgehead atoms. The van der Waals surface area contributed by atoms with Gasteiger partial charge in [0.25, 0.3) is 10.2 Å². The molecule has 0 radical (unpaired) electrons. The zero-order chi connectivity index (χ0) is 21.5. The number of nitrogens with zero attached hydrogens (tertiary/aromatic N) is 2. The monoisotopic (exact) mass is 428 g/mol. The van der Waals surface area contributed by atoms with Crippen molar-refractivity contribution in [2.45, 2.75) is 38.0 Å². The summed E-state index contributed by atoms with van der Waals surface area (Å²) in [6.07, 6.45) is 1.38. The molecule has 160 valence electrons. The summed E-state index contributed by atoms with van der Waals surface area (Å²) in [4.78, 5) is 14.5. The van der Waals surface area contributed by atoms with Gasteiger partial charge in [0.2, 0.25) is 0 Å². The highest BCUT2D eigenvalue weighted by molar-refractivity contribution is 7.90. The smallest absolute Gasteiger partial charge is 0.321 e. The van der Waals surface area contributed by atoms with Gasteiger partial charge in [0.1, 0.15) is 0 Å². The van der Waals surface area contributed by atoms with Gasteiger partial charge in [-0.2, -0.15) is 8.42 Å². The Kier molecular flexibility index (Phi) is 5.23. The van der Waals surface area contributed by atoms with E-state index < -0.39 is 10.2 Å². The summed E-state index contributed by atoms with van der Waals surface area (Å²) < 4.78 is 25.5. The largest absolute Gasteiger partial charge is 0.324 e. The van der Waals surface area contributed by atoms with Crippen LogP contribution in [0.4, 0.5) is 16.2 Å². The molecule has 0 atom stereocenters. The van der Waals surface area contributed by atoms with Crippen molar-refractivity contribution in [3.8, 4) is 0 Å². The molecular formula is C22H28N4O3S. The zero-order valence-electron chi connectivity index (χ0n) is 17.3. The number of anilines is 2. The topological polar surface area (TPSA) is 95.7 Å². The second-order valence-corrected chi connectivity index (χ2v) is 10.0. The molecule has 2 amide bonds. The number of urea groups is 1. The van der Waals surface area contributed by atoms with Crippen LogP contribution in [-0.2, 0) is 15.6 Å². The minimum Gasteiger partial charge on any atom is -0.324 e. The van der Waals surface area contributed by atoms with E-state index in [9.17, 15) is 13.2 Å². The number of likely N-dealkylation sites (tertiary alicyclic amines) is 1. The maximum atomic E-state index is 12.7. The maximum Gasteiger partial charge on any atom is 0.321 e. The van der Waals surface area contributed by atoms with E-state index in [-0.39, 0.29) is 11.4 Å². The number of carbonyl (C=O) groups is 1. The predicted octanol–water partition coefficient (Wildman–Crippen LogP) is 3.40. The molecule has 2 aromatic carbocycles. The van der Waals surface area contributed by atoms with E-state index in [1.807, 2.05) is 42.5 Å². The summed E-state index contributed by atoms with van der Waals surface area (Å²) in [6.45, 7) is 5.72. The molecule has 0 aliphatic carbocycles. The van der Waals surface area contributed by atoms with Crippen molar-refractivity contribution in [2.24, 2.45) is 5.14 Å². The first-order valence-electron chi connectivity index (χ1n) is 10.3. The van der Waals surface area contributed by atoms with Gasteiger partial charge >= 0.3 is 6.03 Å². The first kappa shape index (κ1) is 20.7. The van der Waals surface area contributed by atoms with Crippen molar-refractivity contribution < 1.29 is 13.2 Å². The standard InChI is InChI=1S/C22H28N4O3S/c1-16(2)17-7-9-18(10-8-17)24-21(27)25-13-11-22(12-14-25)15-26(30(23,28)29)20-6-4-3-5-19(20)22/h3-10,16H,11-15H2,1-2H3,(H,24,27)(H2,23,28,29). The Balaban J connectivity index is 1.45. The molecule has 1 spiro atoms. The minimum absolute atomic E-state index is 0.128. The molecule has 1 saturated heterocycles. The number of carbonyl (C=O) groups excluding carboxylic acids is 1. The van der Waals surface area contributed by atoms with Gasteiger partial charge in [0, 0.05) is 30.7 Å². The predicted molar refractivity (Wildman–Crippen MR) is 119 cm³/mol. The van der Waals surface area contributed by atoms with E-state index >= 15 is 0 Å². The minimum atomic E-state index is -3.83. The molecule has 0 saturated carbocycles. The summed E-state index contributed by atoms with van der Waals surface area (Å²) >= 11 is 0. The number of amides is 2. The van der Waals surface area contributed by atoms with Crippen LogP contribution in [0.1, 0.15) is 43.7 Å². The van der Waals surface area contributed by atoms with Crippen LogP contribution in [0.15, 0.2) is 48.5 Å². The van der Waals surface area contributed by atoms with E-state index in [2.05, 4.69) is 19.2 Å². The Morgan fingerprint density at radius 1 is 1.07 bits per heavy atom. The molecule has 2 aliphatic rings. The lowest BCUT2D eigenvalue weighted by Gasteiger charge is -2.39. The van der Waals surface area contributed by atoms with Crippen LogP contribution in [0.5, 0.6) is 0 Å². The van der Waals surface area contributed by atoms with Gasteiger partial charge in [-0.1, -0.05) is 44.2 Å². The first-order valence-corrected chi connectivity index (χ1v) is 11.8. The summed E-state index contributed by atoms with van der Waals surface area (Å²) in [5.41, 5.74) is 3.36. The molecule has 7 nitrogen and oxygen atoms in total. The molecule has 0 unspecified atom stereocenters. The van der Waals surface area contributed by atoms with Crippen molar-refractivity contribution in [3.63, 3.8) is 0 Å². The number of fused-ring (bicyclic) bond motifs is 2. The molecular weight excluding hydrogens is 400 g/mol. The number of hydrogen-bond acceptors (Lipinski definition) is 3. The van der Waals surface area contributed by atoms with Crippen LogP contribution >= 0.6 is 0 Å². The second kappa shape index (κ2) is 7.59. The van der Waals surface area contributed by atoms with Crippen LogP contribution in [0.25, 0.3) is 0 Å². The van der Waals surface area contributed by atoms with Gasteiger partial charge < -0.3 is 10.2 Å². The first-order chi connectivity index (χ1) is 14.2. The van der Waals surface area contributed by atoms with Crippen LogP contribution in [0.3, 0.4) is 0 Å². The third-order valence-electron chi connectivity index (χ3n) is 6.33. The number of rotatable bonds is 3. The summed E-state index contributed by atoms with van der Waals surface area (Å²) in [5, 5.41) is 8.43. The third kappa shape index (κ3) is 3.77. The van der Waals surface area contributed by atoms with Crippen LogP contribution in [0.2, 0.25) is 0 Å². The lowest BCUT2D eigenvalue weighted by Crippen LogP contribution is -2.49. The van der Waals surface area contributed by atoms with Crippen molar-refractivity contribution in [1.29, 1.82) is 0 Å². The molecule has 8 heteroatoms. The van der Waals surface area contributed by atoms with Gasteiger partial charge in [-0.15, -0.1) is 0 Å². The average Bonchev–Trinajstić information content (AvgIpc) is 3.04. The number of nitrogens with two attached hydrogens (primary N) is 1. The van der Waals surface area contributed by atoms with Gasteiger partial charge in [0.05, 0.1) is 5.69 Å². The summed E-state index contributed by atoms with van der Waals surface area (Å²) in [5.74, 6) is 0.444. The van der Waals surface area contributed by atoms with Crippen LogP contribution in [-0.4, -0.2) is 39.0 Å². The lowest BCUT2D eigenvalue weighted by atomic mass is 9.74. The van der Waals surface area contributed by atoms with Gasteiger partial charge in [-0.3, -0.25) is 4.31 Å². The summed E-state index contributed by atoms with van der Waals surface area (Å²) in [7, 11) is -3.83. The molecule has 2 heterocycles. The third-order valence-corrected chi connectivity index (χ3v) is 7.27. The molecule has 30 heavy (non-hydrogen) atoms. The molecule has 1 fully saturated rings. The van der Waals surface area contributed by atoms with Crippen molar-refractivity contribution in [2.75, 3.05) is 29.3 Å². The van der Waals surface area contributed by atoms with Crippen molar-refractivity contribution >= 4 is 27.6 Å². The van der Waals surface area contributed by atoms with E-state index in [0.717, 1.165) is 11.3 Å². The fraction of sp³-hybridized carbons (Fsp3) is 0.409. The Hall–Kier alpha value is -2.58. The number of hydrogen-bond donors (Lipinski definition) is 2. The highest BCUT2D eigenvalue weighted by Crippen LogP contribution is 2.47. The van der Waals surface area contributed by atoms with E-state index in [0.29, 0.717) is 44.1 Å². The van der Waals surface area contributed by atoms with E-state index in [1.165, 1.54) is 9.87 Å². The van der Waals surface area contributed by atoms with Gasteiger partial charge in [-0.05, 0) is 48.1 Å². The number of benzene rings is 2. The Morgan fingerprint density at radius 2 is 1.70 bits per heavy atom. The molecule has 4 rings (SSSR count). The van der Waals surface area contributed by atoms with Crippen LogP contribution in [0, 0.1) is 0 Å². The average molecular weight is 429 g/mol. The highest BCUT2D eigenvalue weighted by Gasteiger charge is 2.47. The SMILES string of the molecule is CC(C)c1ccc(NC(=O)N2CCC3(CC2)CN(S(N)(=O)=O)c2ccccc23)cc1. The highest BCUT2D eigenvalue weighted by atomic mass is 32.2. The van der Waals surface area contributed by atoms with E-state index in [4.69, 9.17) is 5.14 Å². The zero-order valence-corrected chi connectivity index (χ0v) is 18.2. The molecule has 2 aliphatic heterocycles. The molecule has 3 N–H and O–H groups in total. The van der Waals surface area contributed by atoms with E-state index in [1.54, 1.807) is 11.0 Å². The molecule has 2 aromatic rings. The Labute approximate surface area is 178 Å². The maximum absolute atomic E-state index is 12.7. The fourth-order valence-electron chi connectivity index (χ4n) is 4.53. The Morgan fingerprint density at radius 3 is 2.30 bits per heavy atom. The summed E-state index contributed by atoms with van der Waals surface area (Å²) in [6, 6.07) is 15.3. The number of para-hydroxylation sites is 1. The fourth-order valence-corrected chi connectivity index (χ4v) is 5.39. The van der Waals surface area contributed by atoms with Crippen LogP contribution < -0.4 is 14.8 Å². The second-order valence-electron chi connectivity index (χ2n) is 8.54. The Bertz CT molecular complexity index is 1040. The normalized spacial score (nSPS) is 18.0. The van der Waals surface area contributed by atoms with Gasteiger partial charge in [-0.25, -0.2) is 9.93 Å². The number of piperidine rings is 1.